The highest BCUT2D eigenvalue weighted by Gasteiger charge is 2.29. The minimum absolute atomic E-state index is 0.0415. The van der Waals surface area contributed by atoms with Gasteiger partial charge in [0, 0.05) is 15.1 Å². The molecule has 1 amide bonds. The molecule has 0 aliphatic carbocycles. The van der Waals surface area contributed by atoms with Crippen LogP contribution < -0.4 is 10.2 Å². The summed E-state index contributed by atoms with van der Waals surface area (Å²) in [6, 6.07) is 5.63. The maximum absolute atomic E-state index is 12.5. The Hall–Kier alpha value is -0.330. The minimum atomic E-state index is -0.0415. The van der Waals surface area contributed by atoms with Gasteiger partial charge in [0.2, 0.25) is 5.91 Å². The Balaban J connectivity index is 2.17. The van der Waals surface area contributed by atoms with E-state index in [0.717, 1.165) is 41.6 Å². The molecule has 0 radical (unpaired) electrons. The van der Waals surface area contributed by atoms with Gasteiger partial charge in [0.25, 0.3) is 0 Å². The second-order valence-electron chi connectivity index (χ2n) is 4.73. The first-order valence-corrected chi connectivity index (χ1v) is 8.09. The molecule has 1 fully saturated rings. The number of anilines is 1. The molecular weight excluding hydrogens is 375 g/mol. The number of carbonyl (C=O) groups is 1. The summed E-state index contributed by atoms with van der Waals surface area (Å²) in [5.41, 5.74) is 0.970. The van der Waals surface area contributed by atoms with Crippen molar-refractivity contribution in [2.45, 2.75) is 32.2 Å². The molecular formula is C14H18ClIN2O. The third-order valence-electron chi connectivity index (χ3n) is 3.28. The third-order valence-corrected chi connectivity index (χ3v) is 4.38. The van der Waals surface area contributed by atoms with Crippen LogP contribution in [0.2, 0.25) is 5.02 Å². The maximum atomic E-state index is 12.5. The van der Waals surface area contributed by atoms with Crippen LogP contribution in [0.15, 0.2) is 18.2 Å². The van der Waals surface area contributed by atoms with E-state index in [1.165, 1.54) is 0 Å². The molecule has 1 aromatic carbocycles. The Kier molecular flexibility index (Phi) is 5.47. The highest BCUT2D eigenvalue weighted by Crippen LogP contribution is 2.28. The zero-order chi connectivity index (χ0) is 13.8. The van der Waals surface area contributed by atoms with Gasteiger partial charge < -0.3 is 10.2 Å². The van der Waals surface area contributed by atoms with E-state index in [2.05, 4.69) is 34.8 Å². The van der Waals surface area contributed by atoms with Crippen molar-refractivity contribution < 1.29 is 4.79 Å². The molecule has 104 valence electrons. The molecule has 1 unspecified atom stereocenters. The predicted molar refractivity (Wildman–Crippen MR) is 87.8 cm³/mol. The summed E-state index contributed by atoms with van der Waals surface area (Å²) in [6.45, 7) is 3.79. The van der Waals surface area contributed by atoms with Gasteiger partial charge in [-0.3, -0.25) is 4.79 Å². The second kappa shape index (κ2) is 6.90. The first-order valence-electron chi connectivity index (χ1n) is 6.63. The van der Waals surface area contributed by atoms with Crippen molar-refractivity contribution in [1.82, 2.24) is 5.32 Å². The standard InChI is InChI=1S/C14H18ClIN2O/c1-2-7-17-12-4-3-8-18(14(12)19)13-6-5-10(15)9-11(13)16/h5-6,9,12,17H,2-4,7-8H2,1H3. The zero-order valence-corrected chi connectivity index (χ0v) is 13.9. The number of piperidine rings is 1. The minimum Gasteiger partial charge on any atom is -0.310 e. The topological polar surface area (TPSA) is 32.3 Å². The van der Waals surface area contributed by atoms with Crippen LogP contribution in [0.25, 0.3) is 0 Å². The Morgan fingerprint density at radius 2 is 2.32 bits per heavy atom. The Bertz CT molecular complexity index is 467. The summed E-state index contributed by atoms with van der Waals surface area (Å²) in [5, 5.41) is 4.04. The second-order valence-corrected chi connectivity index (χ2v) is 6.33. The number of nitrogens with one attached hydrogen (secondary N) is 1. The lowest BCUT2D eigenvalue weighted by Crippen LogP contribution is -2.51. The normalized spacial score (nSPS) is 19.8. The number of benzene rings is 1. The van der Waals surface area contributed by atoms with Gasteiger partial charge in [-0.15, -0.1) is 0 Å². The number of rotatable bonds is 4. The molecule has 1 aromatic rings. The monoisotopic (exact) mass is 392 g/mol. The van der Waals surface area contributed by atoms with Crippen molar-refractivity contribution >= 4 is 45.8 Å². The van der Waals surface area contributed by atoms with Crippen molar-refractivity contribution in [1.29, 1.82) is 0 Å². The molecule has 0 spiro atoms. The predicted octanol–water partition coefficient (Wildman–Crippen LogP) is 3.44. The van der Waals surface area contributed by atoms with E-state index in [0.29, 0.717) is 5.02 Å². The molecule has 3 nitrogen and oxygen atoms in total. The van der Waals surface area contributed by atoms with Gasteiger partial charge in [-0.2, -0.15) is 0 Å². The lowest BCUT2D eigenvalue weighted by Gasteiger charge is -2.33. The molecule has 1 N–H and O–H groups in total. The Morgan fingerprint density at radius 1 is 1.53 bits per heavy atom. The van der Waals surface area contributed by atoms with Gasteiger partial charge in [-0.1, -0.05) is 18.5 Å². The highest BCUT2D eigenvalue weighted by atomic mass is 127. The van der Waals surface area contributed by atoms with E-state index in [4.69, 9.17) is 11.6 Å². The number of nitrogens with zero attached hydrogens (tertiary/aromatic N) is 1. The van der Waals surface area contributed by atoms with Crippen molar-refractivity contribution in [3.63, 3.8) is 0 Å². The SMILES string of the molecule is CCCNC1CCCN(c2ccc(Cl)cc2I)C1=O. The molecule has 1 atom stereocenters. The Labute approximate surface area is 132 Å². The van der Waals surface area contributed by atoms with Gasteiger partial charge in [-0.25, -0.2) is 0 Å². The van der Waals surface area contributed by atoms with Gasteiger partial charge in [-0.05, 0) is 66.6 Å². The summed E-state index contributed by atoms with van der Waals surface area (Å²) >= 11 is 8.20. The lowest BCUT2D eigenvalue weighted by molar-refractivity contribution is -0.121. The number of hydrogen-bond donors (Lipinski definition) is 1. The van der Waals surface area contributed by atoms with Crippen LogP contribution >= 0.6 is 34.2 Å². The van der Waals surface area contributed by atoms with Crippen LogP contribution in [-0.2, 0) is 4.79 Å². The summed E-state index contributed by atoms with van der Waals surface area (Å²) in [4.78, 5) is 14.4. The molecule has 0 aromatic heterocycles. The van der Waals surface area contributed by atoms with Crippen LogP contribution in [0.3, 0.4) is 0 Å². The molecule has 2 rings (SSSR count). The Morgan fingerprint density at radius 3 is 3.00 bits per heavy atom. The van der Waals surface area contributed by atoms with E-state index in [-0.39, 0.29) is 11.9 Å². The van der Waals surface area contributed by atoms with Crippen LogP contribution in [0.5, 0.6) is 0 Å². The van der Waals surface area contributed by atoms with Crippen molar-refractivity contribution in [3.05, 3.63) is 26.8 Å². The lowest BCUT2D eigenvalue weighted by atomic mass is 10.0. The number of halogens is 2. The fraction of sp³-hybridized carbons (Fsp3) is 0.500. The molecule has 1 aliphatic heterocycles. The van der Waals surface area contributed by atoms with E-state index in [9.17, 15) is 4.79 Å². The zero-order valence-electron chi connectivity index (χ0n) is 11.0. The molecule has 19 heavy (non-hydrogen) atoms. The summed E-state index contributed by atoms with van der Waals surface area (Å²) in [6.07, 6.45) is 3.01. The van der Waals surface area contributed by atoms with E-state index in [1.54, 1.807) is 0 Å². The van der Waals surface area contributed by atoms with Crippen LogP contribution in [-0.4, -0.2) is 25.0 Å². The van der Waals surface area contributed by atoms with Crippen molar-refractivity contribution in [2.75, 3.05) is 18.0 Å². The van der Waals surface area contributed by atoms with Gasteiger partial charge in [0.1, 0.15) is 0 Å². The third kappa shape index (κ3) is 3.61. The highest BCUT2D eigenvalue weighted by molar-refractivity contribution is 14.1. The van der Waals surface area contributed by atoms with Crippen molar-refractivity contribution in [2.24, 2.45) is 0 Å². The molecule has 1 saturated heterocycles. The number of carbonyl (C=O) groups excluding carboxylic acids is 1. The molecule has 1 heterocycles. The van der Waals surface area contributed by atoms with E-state index in [1.807, 2.05) is 23.1 Å². The van der Waals surface area contributed by atoms with Gasteiger partial charge in [0.05, 0.1) is 11.7 Å². The average Bonchev–Trinajstić information content (AvgIpc) is 2.38. The molecule has 0 bridgehead atoms. The summed E-state index contributed by atoms with van der Waals surface area (Å²) in [5.74, 6) is 0.180. The number of amides is 1. The first-order chi connectivity index (χ1) is 9.13. The fourth-order valence-corrected chi connectivity index (χ4v) is 3.49. The summed E-state index contributed by atoms with van der Waals surface area (Å²) in [7, 11) is 0. The average molecular weight is 393 g/mol. The molecule has 1 aliphatic rings. The molecule has 5 heteroatoms. The van der Waals surface area contributed by atoms with Crippen LogP contribution in [0.1, 0.15) is 26.2 Å². The van der Waals surface area contributed by atoms with Gasteiger partial charge in [0.15, 0.2) is 0 Å². The van der Waals surface area contributed by atoms with E-state index >= 15 is 0 Å². The van der Waals surface area contributed by atoms with E-state index < -0.39 is 0 Å². The largest absolute Gasteiger partial charge is 0.310 e. The number of hydrogen-bond acceptors (Lipinski definition) is 2. The van der Waals surface area contributed by atoms with Crippen LogP contribution in [0.4, 0.5) is 5.69 Å². The quantitative estimate of drug-likeness (QED) is 0.796. The first kappa shape index (κ1) is 15.1. The fourth-order valence-electron chi connectivity index (χ4n) is 2.32. The molecule has 0 saturated carbocycles. The smallest absolute Gasteiger partial charge is 0.244 e. The van der Waals surface area contributed by atoms with Gasteiger partial charge >= 0.3 is 0 Å². The van der Waals surface area contributed by atoms with Crippen LogP contribution in [0, 0.1) is 3.57 Å². The van der Waals surface area contributed by atoms with Crippen molar-refractivity contribution in [3.8, 4) is 0 Å². The maximum Gasteiger partial charge on any atom is 0.244 e. The summed E-state index contributed by atoms with van der Waals surface area (Å²) < 4.78 is 1.02.